The molecule has 10 aromatic rings. The van der Waals surface area contributed by atoms with Gasteiger partial charge in [0.05, 0.1) is 44.6 Å². The summed E-state index contributed by atoms with van der Waals surface area (Å²) in [6.07, 6.45) is 6.80. The molecule has 10 rings (SSSR count). The van der Waals surface area contributed by atoms with Gasteiger partial charge in [0.1, 0.15) is 17.7 Å². The number of nitrogens with zero attached hydrogens (tertiary/aromatic N) is 7. The molecule has 0 amide bonds. The van der Waals surface area contributed by atoms with Crippen molar-refractivity contribution < 1.29 is 8.78 Å². The van der Waals surface area contributed by atoms with Crippen LogP contribution in [0.25, 0.3) is 88.9 Å². The average molecular weight is 702 g/mol. The second kappa shape index (κ2) is 12.3. The van der Waals surface area contributed by atoms with Crippen molar-refractivity contribution in [3.05, 3.63) is 169 Å². The molecule has 0 atom stereocenters. The van der Waals surface area contributed by atoms with Crippen LogP contribution in [0.1, 0.15) is 5.56 Å². The minimum absolute atomic E-state index is 0.192. The molecule has 9 heteroatoms. The van der Waals surface area contributed by atoms with Crippen LogP contribution < -0.4 is 0 Å². The lowest BCUT2D eigenvalue weighted by Crippen LogP contribution is -2.05. The molecule has 0 saturated heterocycles. The van der Waals surface area contributed by atoms with E-state index in [9.17, 15) is 5.26 Å². The largest absolute Gasteiger partial charge is 0.309 e. The summed E-state index contributed by atoms with van der Waals surface area (Å²) in [6.45, 7) is 0. The highest BCUT2D eigenvalue weighted by Gasteiger charge is 2.25. The van der Waals surface area contributed by atoms with Crippen LogP contribution in [0.2, 0.25) is 0 Å². The van der Waals surface area contributed by atoms with Gasteiger partial charge in [-0.25, -0.2) is 28.7 Å². The van der Waals surface area contributed by atoms with Crippen LogP contribution >= 0.6 is 0 Å². The van der Waals surface area contributed by atoms with Crippen LogP contribution in [0.15, 0.2) is 152 Å². The van der Waals surface area contributed by atoms with Gasteiger partial charge in [-0.1, -0.05) is 42.5 Å². The van der Waals surface area contributed by atoms with Crippen LogP contribution in [-0.2, 0) is 0 Å². The summed E-state index contributed by atoms with van der Waals surface area (Å²) >= 11 is 0. The minimum atomic E-state index is -0.717. The Morgan fingerprint density at radius 2 is 0.944 bits per heavy atom. The van der Waals surface area contributed by atoms with Crippen molar-refractivity contribution in [2.75, 3.05) is 0 Å². The average Bonchev–Trinajstić information content (AvgIpc) is 3.73. The van der Waals surface area contributed by atoms with E-state index < -0.39 is 11.6 Å². The first-order valence-corrected chi connectivity index (χ1v) is 17.2. The van der Waals surface area contributed by atoms with E-state index in [2.05, 4.69) is 26.0 Å². The number of hydrogen-bond donors (Lipinski definition) is 0. The Hall–Kier alpha value is -7.57. The molecule has 0 fully saturated rings. The molecule has 254 valence electrons. The Bertz CT molecular complexity index is 3120. The molecule has 0 aliphatic rings. The summed E-state index contributed by atoms with van der Waals surface area (Å²) in [7, 11) is 0. The third-order valence-corrected chi connectivity index (χ3v) is 9.94. The first-order valence-electron chi connectivity index (χ1n) is 17.2. The zero-order chi connectivity index (χ0) is 36.3. The first kappa shape index (κ1) is 31.2. The predicted octanol–water partition coefficient (Wildman–Crippen LogP) is 10.6. The number of benzene rings is 6. The molecule has 0 unspecified atom stereocenters. The Morgan fingerprint density at radius 3 is 1.46 bits per heavy atom. The van der Waals surface area contributed by atoms with Gasteiger partial charge in [0.25, 0.3) is 0 Å². The molecule has 4 heterocycles. The summed E-state index contributed by atoms with van der Waals surface area (Å²) in [6, 6.07) is 40.9. The standard InChI is InChI=1S/C45H25F2N7/c46-35-10-5-11-36(47)43(35)34-25-41(53-37-12-3-1-8-30(37)32-22-27(14-16-39(32)53)44-49-18-6-19-50-44)29(26-48)24-42(34)54-38-13-4-2-9-31(38)33-23-28(15-17-40(33)54)45-51-20-7-21-52-45/h1-25H. The normalized spacial score (nSPS) is 11.5. The van der Waals surface area contributed by atoms with Gasteiger partial charge in [-0.2, -0.15) is 5.26 Å². The van der Waals surface area contributed by atoms with Gasteiger partial charge in [-0.3, -0.25) is 0 Å². The zero-order valence-corrected chi connectivity index (χ0v) is 28.3. The number of rotatable bonds is 5. The van der Waals surface area contributed by atoms with E-state index in [1.807, 2.05) is 94.1 Å². The van der Waals surface area contributed by atoms with Crippen LogP contribution in [0.5, 0.6) is 0 Å². The third kappa shape index (κ3) is 4.78. The Balaban J connectivity index is 1.29. The molecule has 0 aliphatic heterocycles. The van der Waals surface area contributed by atoms with Gasteiger partial charge in [0.15, 0.2) is 11.6 Å². The Kier molecular flexibility index (Phi) is 7.10. The molecule has 6 aromatic carbocycles. The molecular formula is C45H25F2N7. The van der Waals surface area contributed by atoms with Crippen LogP contribution in [-0.4, -0.2) is 29.1 Å². The lowest BCUT2D eigenvalue weighted by atomic mass is 9.98. The highest BCUT2D eigenvalue weighted by molar-refractivity contribution is 6.12. The summed E-state index contributed by atoms with van der Waals surface area (Å²) in [4.78, 5) is 17.8. The number of halogens is 2. The van der Waals surface area contributed by atoms with Gasteiger partial charge in [-0.15, -0.1) is 0 Å². The number of nitriles is 1. The number of para-hydroxylation sites is 2. The molecular weight excluding hydrogens is 677 g/mol. The second-order valence-corrected chi connectivity index (χ2v) is 12.9. The highest BCUT2D eigenvalue weighted by Crippen LogP contribution is 2.42. The molecule has 7 nitrogen and oxygen atoms in total. The summed E-state index contributed by atoms with van der Waals surface area (Å²) in [5, 5.41) is 14.6. The summed E-state index contributed by atoms with van der Waals surface area (Å²) < 4.78 is 36.1. The zero-order valence-electron chi connectivity index (χ0n) is 28.3. The van der Waals surface area contributed by atoms with E-state index in [-0.39, 0.29) is 11.1 Å². The van der Waals surface area contributed by atoms with E-state index in [4.69, 9.17) is 0 Å². The lowest BCUT2D eigenvalue weighted by Gasteiger charge is -2.19. The van der Waals surface area contributed by atoms with Crippen molar-refractivity contribution in [2.24, 2.45) is 0 Å². The smallest absolute Gasteiger partial charge is 0.159 e. The fourth-order valence-corrected chi connectivity index (χ4v) is 7.63. The van der Waals surface area contributed by atoms with Crippen molar-refractivity contribution in [1.82, 2.24) is 29.1 Å². The maximum absolute atomic E-state index is 16.0. The summed E-state index contributed by atoms with van der Waals surface area (Å²) in [5.41, 5.74) is 6.26. The van der Waals surface area contributed by atoms with Gasteiger partial charge in [-0.05, 0) is 84.9 Å². The van der Waals surface area contributed by atoms with E-state index in [1.165, 1.54) is 18.2 Å². The van der Waals surface area contributed by atoms with Gasteiger partial charge in [0, 0.05) is 63.0 Å². The maximum atomic E-state index is 16.0. The second-order valence-electron chi connectivity index (χ2n) is 12.9. The van der Waals surface area contributed by atoms with Gasteiger partial charge < -0.3 is 9.13 Å². The van der Waals surface area contributed by atoms with Crippen LogP contribution in [0, 0.1) is 23.0 Å². The topological polar surface area (TPSA) is 85.2 Å². The Morgan fingerprint density at radius 1 is 0.463 bits per heavy atom. The molecule has 0 radical (unpaired) electrons. The van der Waals surface area contributed by atoms with E-state index in [0.717, 1.165) is 54.7 Å². The maximum Gasteiger partial charge on any atom is 0.159 e. The van der Waals surface area contributed by atoms with E-state index >= 15 is 8.78 Å². The molecule has 4 aromatic heterocycles. The molecule has 0 N–H and O–H groups in total. The number of fused-ring (bicyclic) bond motifs is 6. The third-order valence-electron chi connectivity index (χ3n) is 9.94. The van der Waals surface area contributed by atoms with E-state index in [1.54, 1.807) is 49.1 Å². The van der Waals surface area contributed by atoms with Crippen molar-refractivity contribution >= 4 is 43.6 Å². The van der Waals surface area contributed by atoms with Crippen molar-refractivity contribution in [1.29, 1.82) is 5.26 Å². The molecule has 0 aliphatic carbocycles. The van der Waals surface area contributed by atoms with Crippen LogP contribution in [0.4, 0.5) is 8.78 Å². The lowest BCUT2D eigenvalue weighted by molar-refractivity contribution is 0.589. The van der Waals surface area contributed by atoms with Crippen molar-refractivity contribution in [3.8, 4) is 51.3 Å². The quantitative estimate of drug-likeness (QED) is 0.178. The Labute approximate surface area is 306 Å². The molecule has 0 spiro atoms. The monoisotopic (exact) mass is 701 g/mol. The SMILES string of the molecule is N#Cc1cc(-n2c3ccccc3c3cc(-c4ncccn4)ccc32)c(-c2c(F)cccc2F)cc1-n1c2ccccc2c2cc(-c3ncccn3)ccc21. The van der Waals surface area contributed by atoms with Gasteiger partial charge >= 0.3 is 0 Å². The van der Waals surface area contributed by atoms with Crippen molar-refractivity contribution in [2.45, 2.75) is 0 Å². The molecule has 0 saturated carbocycles. The number of hydrogen-bond acceptors (Lipinski definition) is 5. The fraction of sp³-hybridized carbons (Fsp3) is 0. The molecule has 54 heavy (non-hydrogen) atoms. The molecule has 0 bridgehead atoms. The fourth-order valence-electron chi connectivity index (χ4n) is 7.63. The van der Waals surface area contributed by atoms with Crippen molar-refractivity contribution in [3.63, 3.8) is 0 Å². The highest BCUT2D eigenvalue weighted by atomic mass is 19.1. The van der Waals surface area contributed by atoms with Gasteiger partial charge in [0.2, 0.25) is 0 Å². The minimum Gasteiger partial charge on any atom is -0.309 e. The summed E-state index contributed by atoms with van der Waals surface area (Å²) in [5.74, 6) is -0.266. The number of aromatic nitrogens is 6. The van der Waals surface area contributed by atoms with Crippen LogP contribution in [0.3, 0.4) is 0 Å². The van der Waals surface area contributed by atoms with E-state index in [0.29, 0.717) is 28.6 Å². The first-order chi connectivity index (χ1) is 26.6. The predicted molar refractivity (Wildman–Crippen MR) is 207 cm³/mol.